The van der Waals surface area contributed by atoms with Crippen LogP contribution in [0.15, 0.2) is 24.3 Å². The van der Waals surface area contributed by atoms with Gasteiger partial charge in [0.2, 0.25) is 5.78 Å². The van der Waals surface area contributed by atoms with Crippen LogP contribution >= 0.6 is 11.3 Å². The Labute approximate surface area is 116 Å². The van der Waals surface area contributed by atoms with E-state index in [2.05, 4.69) is 0 Å². The lowest BCUT2D eigenvalue weighted by Gasteiger charge is -2.08. The van der Waals surface area contributed by atoms with E-state index in [4.69, 9.17) is 0 Å². The van der Waals surface area contributed by atoms with Crippen molar-refractivity contribution >= 4 is 17.1 Å². The number of hydrogen-bond donors (Lipinski definition) is 0. The van der Waals surface area contributed by atoms with E-state index in [-0.39, 0.29) is 11.6 Å². The first-order valence-corrected chi connectivity index (χ1v) is 7.39. The van der Waals surface area contributed by atoms with Gasteiger partial charge in [0.1, 0.15) is 5.82 Å². The number of rotatable bonds is 2. The van der Waals surface area contributed by atoms with Crippen molar-refractivity contribution < 1.29 is 9.18 Å². The van der Waals surface area contributed by atoms with Crippen molar-refractivity contribution in [3.8, 4) is 0 Å². The molecule has 0 atom stereocenters. The van der Waals surface area contributed by atoms with Gasteiger partial charge in [-0.05, 0) is 61.9 Å². The van der Waals surface area contributed by atoms with Crippen LogP contribution in [0.2, 0.25) is 0 Å². The average Bonchev–Trinajstić information content (AvgIpc) is 2.84. The van der Waals surface area contributed by atoms with E-state index >= 15 is 0 Å². The fourth-order valence-corrected chi connectivity index (χ4v) is 3.78. The summed E-state index contributed by atoms with van der Waals surface area (Å²) in [5.41, 5.74) is 2.63. The van der Waals surface area contributed by atoms with Gasteiger partial charge in [0.15, 0.2) is 0 Å². The minimum absolute atomic E-state index is 0.0450. The van der Waals surface area contributed by atoms with Crippen LogP contribution < -0.4 is 0 Å². The van der Waals surface area contributed by atoms with Crippen LogP contribution in [0.1, 0.15) is 44.1 Å². The Morgan fingerprint density at radius 1 is 1.21 bits per heavy atom. The van der Waals surface area contributed by atoms with Crippen molar-refractivity contribution in [2.24, 2.45) is 0 Å². The number of halogens is 1. The van der Waals surface area contributed by atoms with Crippen molar-refractivity contribution in [3.05, 3.63) is 56.5 Å². The van der Waals surface area contributed by atoms with Gasteiger partial charge in [-0.1, -0.05) is 6.07 Å². The van der Waals surface area contributed by atoms with Crippen LogP contribution in [0.3, 0.4) is 0 Å². The molecular formula is C16H15FOS. The molecule has 0 bridgehead atoms. The molecule has 1 aromatic carbocycles. The van der Waals surface area contributed by atoms with E-state index in [1.165, 1.54) is 35.4 Å². The number of benzene rings is 1. The predicted molar refractivity (Wildman–Crippen MR) is 75.5 cm³/mol. The molecule has 3 heteroatoms. The van der Waals surface area contributed by atoms with Crippen molar-refractivity contribution in [2.45, 2.75) is 32.6 Å². The van der Waals surface area contributed by atoms with Crippen LogP contribution in [0.4, 0.5) is 4.39 Å². The molecular weight excluding hydrogens is 259 g/mol. The molecule has 0 spiro atoms. The number of ketones is 1. The monoisotopic (exact) mass is 274 g/mol. The number of thiophene rings is 1. The standard InChI is InChI=1S/C16H15FOS/c1-10-6-7-12(17)9-13(10)16(18)15-8-11-4-2-3-5-14(11)19-15/h6-9H,2-5H2,1H3. The molecule has 0 fully saturated rings. The largest absolute Gasteiger partial charge is 0.288 e. The molecule has 98 valence electrons. The van der Waals surface area contributed by atoms with E-state index in [1.54, 1.807) is 17.4 Å². The normalized spacial score (nSPS) is 14.2. The molecule has 19 heavy (non-hydrogen) atoms. The molecule has 1 aromatic heterocycles. The van der Waals surface area contributed by atoms with E-state index in [1.807, 2.05) is 13.0 Å². The molecule has 1 heterocycles. The Kier molecular flexibility index (Phi) is 3.23. The van der Waals surface area contributed by atoms with Gasteiger partial charge in [0, 0.05) is 10.4 Å². The molecule has 1 aliphatic carbocycles. The maximum atomic E-state index is 13.3. The quantitative estimate of drug-likeness (QED) is 0.746. The number of hydrogen-bond acceptors (Lipinski definition) is 2. The number of fused-ring (bicyclic) bond motifs is 1. The van der Waals surface area contributed by atoms with Gasteiger partial charge in [0.25, 0.3) is 0 Å². The van der Waals surface area contributed by atoms with E-state index in [0.29, 0.717) is 5.56 Å². The lowest BCUT2D eigenvalue weighted by Crippen LogP contribution is -2.02. The summed E-state index contributed by atoms with van der Waals surface area (Å²) < 4.78 is 13.3. The summed E-state index contributed by atoms with van der Waals surface area (Å²) in [5.74, 6) is -0.397. The number of carbonyl (C=O) groups excluding carboxylic acids is 1. The third-order valence-corrected chi connectivity index (χ3v) is 4.90. The molecule has 0 saturated heterocycles. The molecule has 0 saturated carbocycles. The average molecular weight is 274 g/mol. The van der Waals surface area contributed by atoms with Crippen LogP contribution in [-0.4, -0.2) is 5.78 Å². The lowest BCUT2D eigenvalue weighted by molar-refractivity contribution is 0.104. The molecule has 0 radical (unpaired) electrons. The number of aryl methyl sites for hydroxylation is 3. The van der Waals surface area contributed by atoms with Gasteiger partial charge in [-0.25, -0.2) is 4.39 Å². The molecule has 2 aromatic rings. The van der Waals surface area contributed by atoms with Gasteiger partial charge in [-0.15, -0.1) is 11.3 Å². The van der Waals surface area contributed by atoms with E-state index in [0.717, 1.165) is 23.3 Å². The van der Waals surface area contributed by atoms with Gasteiger partial charge >= 0.3 is 0 Å². The molecule has 0 aliphatic heterocycles. The van der Waals surface area contributed by atoms with Crippen molar-refractivity contribution in [2.75, 3.05) is 0 Å². The predicted octanol–water partition coefficient (Wildman–Crippen LogP) is 4.31. The maximum Gasteiger partial charge on any atom is 0.203 e. The molecule has 1 aliphatic rings. The van der Waals surface area contributed by atoms with Crippen LogP contribution in [0.5, 0.6) is 0 Å². The van der Waals surface area contributed by atoms with Crippen molar-refractivity contribution in [1.29, 1.82) is 0 Å². The first-order chi connectivity index (χ1) is 9.15. The molecule has 0 unspecified atom stereocenters. The Hall–Kier alpha value is -1.48. The second-order valence-corrected chi connectivity index (χ2v) is 6.19. The molecule has 1 nitrogen and oxygen atoms in total. The topological polar surface area (TPSA) is 17.1 Å². The minimum atomic E-state index is -0.352. The highest BCUT2D eigenvalue weighted by Crippen LogP contribution is 2.31. The van der Waals surface area contributed by atoms with Crippen molar-refractivity contribution in [1.82, 2.24) is 0 Å². The van der Waals surface area contributed by atoms with Crippen molar-refractivity contribution in [3.63, 3.8) is 0 Å². The molecule has 3 rings (SSSR count). The van der Waals surface area contributed by atoms with Gasteiger partial charge < -0.3 is 0 Å². The third kappa shape index (κ3) is 2.35. The summed E-state index contributed by atoms with van der Waals surface area (Å²) in [6.45, 7) is 1.85. The Morgan fingerprint density at radius 3 is 2.79 bits per heavy atom. The third-order valence-electron chi connectivity index (χ3n) is 3.66. The fraction of sp³-hybridized carbons (Fsp3) is 0.312. The van der Waals surface area contributed by atoms with Gasteiger partial charge in [-0.2, -0.15) is 0 Å². The van der Waals surface area contributed by atoms with E-state index in [9.17, 15) is 9.18 Å². The Balaban J connectivity index is 1.99. The first kappa shape index (κ1) is 12.5. The zero-order chi connectivity index (χ0) is 13.4. The Bertz CT molecular complexity index is 619. The summed E-state index contributed by atoms with van der Waals surface area (Å²) in [4.78, 5) is 14.6. The van der Waals surface area contributed by atoms with Crippen LogP contribution in [0, 0.1) is 12.7 Å². The Morgan fingerprint density at radius 2 is 2.00 bits per heavy atom. The smallest absolute Gasteiger partial charge is 0.203 e. The maximum absolute atomic E-state index is 13.3. The van der Waals surface area contributed by atoms with Gasteiger partial charge in [0.05, 0.1) is 4.88 Å². The highest BCUT2D eigenvalue weighted by molar-refractivity contribution is 7.14. The zero-order valence-corrected chi connectivity index (χ0v) is 11.6. The van der Waals surface area contributed by atoms with Crippen LogP contribution in [0.25, 0.3) is 0 Å². The van der Waals surface area contributed by atoms with Gasteiger partial charge in [-0.3, -0.25) is 4.79 Å². The van der Waals surface area contributed by atoms with Crippen LogP contribution in [-0.2, 0) is 12.8 Å². The summed E-state index contributed by atoms with van der Waals surface area (Å²) in [6, 6.07) is 6.41. The zero-order valence-electron chi connectivity index (χ0n) is 10.8. The minimum Gasteiger partial charge on any atom is -0.288 e. The fourth-order valence-electron chi connectivity index (χ4n) is 2.57. The lowest BCUT2D eigenvalue weighted by atomic mass is 9.98. The first-order valence-electron chi connectivity index (χ1n) is 6.57. The SMILES string of the molecule is Cc1ccc(F)cc1C(=O)c1cc2c(s1)CCCC2. The summed E-state index contributed by atoms with van der Waals surface area (Å²) in [6.07, 6.45) is 4.56. The molecule has 0 N–H and O–H groups in total. The second-order valence-electron chi connectivity index (χ2n) is 5.05. The summed E-state index contributed by atoms with van der Waals surface area (Å²) in [7, 11) is 0. The summed E-state index contributed by atoms with van der Waals surface area (Å²) in [5, 5.41) is 0. The molecule has 0 amide bonds. The highest BCUT2D eigenvalue weighted by Gasteiger charge is 2.19. The summed E-state index contributed by atoms with van der Waals surface area (Å²) >= 11 is 1.58. The highest BCUT2D eigenvalue weighted by atomic mass is 32.1. The van der Waals surface area contributed by atoms with E-state index < -0.39 is 0 Å². The number of carbonyl (C=O) groups is 1. The second kappa shape index (κ2) is 4.89.